The van der Waals surface area contributed by atoms with Crippen molar-refractivity contribution in [2.75, 3.05) is 12.4 Å². The number of aliphatic carboxylic acids is 1. The lowest BCUT2D eigenvalue weighted by Gasteiger charge is -2.23. The molecular weight excluding hydrogens is 418 g/mol. The Morgan fingerprint density at radius 2 is 1.71 bits per heavy atom. The summed E-state index contributed by atoms with van der Waals surface area (Å²) in [4.78, 5) is 11.9. The summed E-state index contributed by atoms with van der Waals surface area (Å²) in [7, 11) is 1.50. The quantitative estimate of drug-likeness (QED) is 0.347. The van der Waals surface area contributed by atoms with E-state index >= 15 is 0 Å². The van der Waals surface area contributed by atoms with Crippen LogP contribution in [0, 0.1) is 5.41 Å². The van der Waals surface area contributed by atoms with Gasteiger partial charge in [-0.05, 0) is 47.5 Å². The molecule has 0 aliphatic carbocycles. The van der Waals surface area contributed by atoms with Gasteiger partial charge in [0.05, 0.1) is 19.1 Å². The van der Waals surface area contributed by atoms with Crippen molar-refractivity contribution in [3.63, 3.8) is 0 Å². The van der Waals surface area contributed by atoms with Gasteiger partial charge < -0.3 is 30.4 Å². The fourth-order valence-corrected chi connectivity index (χ4v) is 2.89. The van der Waals surface area contributed by atoms with E-state index in [2.05, 4.69) is 5.32 Å². The van der Waals surface area contributed by atoms with E-state index in [1.165, 1.54) is 7.11 Å². The average Bonchev–Trinajstić information content (AvgIpc) is 2.76. The summed E-state index contributed by atoms with van der Waals surface area (Å²) >= 11 is 0. The smallest absolute Gasteiger partial charge is 0.123 e. The van der Waals surface area contributed by atoms with E-state index in [0.717, 1.165) is 5.56 Å². The van der Waals surface area contributed by atoms with Crippen LogP contribution in [0.25, 0.3) is 0 Å². The zero-order valence-corrected chi connectivity index (χ0v) is 17.6. The fourth-order valence-electron chi connectivity index (χ4n) is 2.89. The number of methoxy groups -OCH3 is 1. The fraction of sp³-hybridized carbons (Fsp3) is 0.130. The molecule has 0 saturated carbocycles. The number of amidine groups is 1. The van der Waals surface area contributed by atoms with Gasteiger partial charge in [-0.2, -0.15) is 0 Å². The third-order valence-electron chi connectivity index (χ3n) is 4.46. The van der Waals surface area contributed by atoms with Crippen LogP contribution in [0.5, 0.6) is 11.5 Å². The number of rotatable bonds is 9. The van der Waals surface area contributed by atoms with Gasteiger partial charge in [0.25, 0.3) is 0 Å². The van der Waals surface area contributed by atoms with Crippen LogP contribution >= 0.6 is 12.4 Å². The van der Waals surface area contributed by atoms with Crippen molar-refractivity contribution >= 4 is 29.9 Å². The van der Waals surface area contributed by atoms with E-state index in [9.17, 15) is 9.90 Å². The van der Waals surface area contributed by atoms with Crippen molar-refractivity contribution in [2.24, 2.45) is 5.73 Å². The highest BCUT2D eigenvalue weighted by molar-refractivity contribution is 5.95. The highest BCUT2D eigenvalue weighted by atomic mass is 35.5. The summed E-state index contributed by atoms with van der Waals surface area (Å²) in [5.41, 5.74) is 7.96. The van der Waals surface area contributed by atoms with Gasteiger partial charge in [-0.1, -0.05) is 30.3 Å². The minimum atomic E-state index is -1.30. The summed E-state index contributed by atoms with van der Waals surface area (Å²) in [5, 5.41) is 22.2. The molecule has 0 fully saturated rings. The van der Waals surface area contributed by atoms with Crippen LogP contribution in [0.15, 0.2) is 72.8 Å². The summed E-state index contributed by atoms with van der Waals surface area (Å²) in [6.07, 6.45) is 0. The Morgan fingerprint density at radius 3 is 2.29 bits per heavy atom. The Hall–Kier alpha value is -3.71. The van der Waals surface area contributed by atoms with E-state index in [-0.39, 0.29) is 18.2 Å². The Morgan fingerprint density at radius 1 is 1.06 bits per heavy atom. The number of carboxylic acids is 1. The maximum absolute atomic E-state index is 11.9. The molecular formula is C23H23ClN3O4-. The molecule has 0 spiro atoms. The van der Waals surface area contributed by atoms with E-state index in [1.54, 1.807) is 42.5 Å². The van der Waals surface area contributed by atoms with Gasteiger partial charge in [0.2, 0.25) is 0 Å². The minimum Gasteiger partial charge on any atom is -0.548 e. The minimum absolute atomic E-state index is 0. The second-order valence-corrected chi connectivity index (χ2v) is 6.60. The molecule has 0 amide bonds. The second-order valence-electron chi connectivity index (χ2n) is 6.60. The SMILES string of the molecule is COc1cc(OCc2ccccc2)cc(C(Nc2ccc(C(=N)N)cc2)C(=O)[O-])c1.Cl. The number of anilines is 1. The van der Waals surface area contributed by atoms with Gasteiger partial charge in [0, 0.05) is 17.3 Å². The molecule has 0 saturated heterocycles. The molecule has 0 heterocycles. The molecule has 0 aliphatic rings. The highest BCUT2D eigenvalue weighted by Crippen LogP contribution is 2.29. The third kappa shape index (κ3) is 6.38. The van der Waals surface area contributed by atoms with Gasteiger partial charge in [0.1, 0.15) is 23.9 Å². The van der Waals surface area contributed by atoms with Crippen molar-refractivity contribution in [1.82, 2.24) is 0 Å². The Balaban J connectivity index is 0.00000341. The largest absolute Gasteiger partial charge is 0.548 e. The van der Waals surface area contributed by atoms with Crippen LogP contribution in [0.1, 0.15) is 22.7 Å². The molecule has 162 valence electrons. The molecule has 7 nitrogen and oxygen atoms in total. The first-order chi connectivity index (χ1) is 14.5. The number of nitrogens with two attached hydrogens (primary N) is 1. The van der Waals surface area contributed by atoms with Crippen molar-refractivity contribution in [3.8, 4) is 11.5 Å². The standard InChI is InChI=1S/C23H23N3O4.ClH/c1-29-19-11-17(12-20(13-19)30-14-15-5-3-2-4-6-15)21(23(27)28)26-18-9-7-16(8-10-18)22(24)25;/h2-13,21,26H,14H2,1H3,(H3,24,25)(H,27,28);1H/p-1. The number of hydrogen-bond acceptors (Lipinski definition) is 6. The van der Waals surface area contributed by atoms with Crippen LogP contribution in [-0.2, 0) is 11.4 Å². The number of nitrogens with one attached hydrogen (secondary N) is 2. The Bertz CT molecular complexity index is 1030. The lowest BCUT2D eigenvalue weighted by molar-refractivity contribution is -0.307. The van der Waals surface area contributed by atoms with Gasteiger partial charge in [-0.3, -0.25) is 5.41 Å². The molecule has 4 N–H and O–H groups in total. The molecule has 0 radical (unpaired) electrons. The monoisotopic (exact) mass is 440 g/mol. The van der Waals surface area contributed by atoms with Crippen LogP contribution < -0.4 is 25.6 Å². The molecule has 3 aromatic rings. The molecule has 3 aromatic carbocycles. The molecule has 3 rings (SSSR count). The highest BCUT2D eigenvalue weighted by Gasteiger charge is 2.16. The van der Waals surface area contributed by atoms with Crippen LogP contribution in [0.2, 0.25) is 0 Å². The summed E-state index contributed by atoms with van der Waals surface area (Å²) in [6, 6.07) is 20.0. The second kappa shape index (κ2) is 10.9. The van der Waals surface area contributed by atoms with Gasteiger partial charge in [-0.25, -0.2) is 0 Å². The Kier molecular flexibility index (Phi) is 8.28. The van der Waals surface area contributed by atoms with Gasteiger partial charge >= 0.3 is 0 Å². The van der Waals surface area contributed by atoms with Crippen LogP contribution in [-0.4, -0.2) is 18.9 Å². The first-order valence-corrected chi connectivity index (χ1v) is 9.24. The van der Waals surface area contributed by atoms with E-state index in [0.29, 0.717) is 34.9 Å². The number of hydrogen-bond donors (Lipinski definition) is 3. The van der Waals surface area contributed by atoms with Crippen molar-refractivity contribution in [3.05, 3.63) is 89.5 Å². The molecule has 0 aromatic heterocycles. The molecule has 0 aliphatic heterocycles. The third-order valence-corrected chi connectivity index (χ3v) is 4.46. The summed E-state index contributed by atoms with van der Waals surface area (Å²) in [5.74, 6) is -0.414. The predicted molar refractivity (Wildman–Crippen MR) is 120 cm³/mol. The van der Waals surface area contributed by atoms with Gasteiger partial charge in [0.15, 0.2) is 0 Å². The number of carbonyl (C=O) groups is 1. The molecule has 31 heavy (non-hydrogen) atoms. The first-order valence-electron chi connectivity index (χ1n) is 9.24. The predicted octanol–water partition coefficient (Wildman–Crippen LogP) is 2.88. The number of carboxylic acid groups (broad SMARTS) is 1. The normalized spacial score (nSPS) is 11.0. The lowest BCUT2D eigenvalue weighted by atomic mass is 10.1. The van der Waals surface area contributed by atoms with E-state index in [4.69, 9.17) is 20.6 Å². The zero-order valence-electron chi connectivity index (χ0n) is 16.8. The maximum atomic E-state index is 11.9. The molecule has 1 unspecified atom stereocenters. The first kappa shape index (κ1) is 23.6. The van der Waals surface area contributed by atoms with Crippen LogP contribution in [0.3, 0.4) is 0 Å². The van der Waals surface area contributed by atoms with Crippen LogP contribution in [0.4, 0.5) is 5.69 Å². The summed E-state index contributed by atoms with van der Waals surface area (Å²) in [6.45, 7) is 0.337. The molecule has 0 bridgehead atoms. The Labute approximate surface area is 186 Å². The number of carbonyl (C=O) groups excluding carboxylic acids is 1. The summed E-state index contributed by atoms with van der Waals surface area (Å²) < 4.78 is 11.1. The van der Waals surface area contributed by atoms with E-state index in [1.807, 2.05) is 30.3 Å². The topological polar surface area (TPSA) is 120 Å². The zero-order chi connectivity index (χ0) is 21.5. The lowest BCUT2D eigenvalue weighted by Crippen LogP contribution is -2.34. The maximum Gasteiger partial charge on any atom is 0.123 e. The van der Waals surface area contributed by atoms with Crippen molar-refractivity contribution in [2.45, 2.75) is 12.6 Å². The molecule has 8 heteroatoms. The number of ether oxygens (including phenoxy) is 2. The number of benzene rings is 3. The van der Waals surface area contributed by atoms with E-state index < -0.39 is 12.0 Å². The number of halogens is 1. The number of nitrogen functional groups attached to an aromatic ring is 1. The van der Waals surface area contributed by atoms with Crippen molar-refractivity contribution < 1.29 is 19.4 Å². The van der Waals surface area contributed by atoms with Gasteiger partial charge in [-0.15, -0.1) is 12.4 Å². The van der Waals surface area contributed by atoms with Crippen molar-refractivity contribution in [1.29, 1.82) is 5.41 Å². The average molecular weight is 441 g/mol. The molecule has 1 atom stereocenters.